The van der Waals surface area contributed by atoms with Crippen LogP contribution in [0.15, 0.2) is 59.8 Å². The summed E-state index contributed by atoms with van der Waals surface area (Å²) in [4.78, 5) is 24.9. The van der Waals surface area contributed by atoms with E-state index in [0.29, 0.717) is 28.1 Å². The average Bonchev–Trinajstić information content (AvgIpc) is 3.16. The number of nitrogens with zero attached hydrogens (tertiary/aromatic N) is 3. The molecule has 9 heteroatoms. The molecule has 1 atom stereocenters. The highest BCUT2D eigenvalue weighted by Gasteiger charge is 2.25. The molecular weight excluding hydrogens is 458 g/mol. The molecule has 0 fully saturated rings. The van der Waals surface area contributed by atoms with Crippen LogP contribution < -0.4 is 10.6 Å². The molecule has 0 saturated carbocycles. The predicted molar refractivity (Wildman–Crippen MR) is 131 cm³/mol. The number of rotatable bonds is 10. The van der Waals surface area contributed by atoms with Crippen LogP contribution in [0.5, 0.6) is 0 Å². The van der Waals surface area contributed by atoms with Gasteiger partial charge in [0.1, 0.15) is 0 Å². The summed E-state index contributed by atoms with van der Waals surface area (Å²) in [5, 5.41) is 15.7. The third-order valence-corrected chi connectivity index (χ3v) is 6.39. The molecule has 2 amide bonds. The Bertz CT molecular complexity index is 1070. The summed E-state index contributed by atoms with van der Waals surface area (Å²) in [6, 6.07) is 16.4. The van der Waals surface area contributed by atoms with E-state index in [1.165, 1.54) is 17.3 Å². The summed E-state index contributed by atoms with van der Waals surface area (Å²) in [5.41, 5.74) is 1.71. The van der Waals surface area contributed by atoms with Gasteiger partial charge in [-0.1, -0.05) is 67.5 Å². The second-order valence-electron chi connectivity index (χ2n) is 7.98. The van der Waals surface area contributed by atoms with Crippen LogP contribution >= 0.6 is 23.4 Å². The lowest BCUT2D eigenvalue weighted by Gasteiger charge is -2.21. The molecule has 0 spiro atoms. The number of thioether (sulfide) groups is 1. The van der Waals surface area contributed by atoms with Crippen LogP contribution in [0.25, 0.3) is 0 Å². The van der Waals surface area contributed by atoms with Gasteiger partial charge in [0.15, 0.2) is 11.0 Å². The molecule has 7 nitrogen and oxygen atoms in total. The van der Waals surface area contributed by atoms with Crippen LogP contribution in [-0.2, 0) is 18.3 Å². The maximum absolute atomic E-state index is 12.7. The zero-order valence-corrected chi connectivity index (χ0v) is 20.5. The highest BCUT2D eigenvalue weighted by molar-refractivity contribution is 7.99. The fourth-order valence-corrected chi connectivity index (χ4v) is 4.12. The normalized spacial score (nSPS) is 11.9. The number of aromatic nitrogens is 3. The molecule has 3 rings (SSSR count). The van der Waals surface area contributed by atoms with Crippen molar-refractivity contribution in [3.63, 3.8) is 0 Å². The SMILES string of the molecule is CC(C)[C@H](NC(=O)c1ccc(Cl)cc1)c1nnc(SCC(=O)NCCc2ccccc2)n1C. The zero-order valence-electron chi connectivity index (χ0n) is 18.9. The summed E-state index contributed by atoms with van der Waals surface area (Å²) in [5.74, 6) is 0.699. The van der Waals surface area contributed by atoms with Crippen LogP contribution in [0.4, 0.5) is 0 Å². The van der Waals surface area contributed by atoms with E-state index in [2.05, 4.69) is 20.8 Å². The van der Waals surface area contributed by atoms with E-state index < -0.39 is 0 Å². The minimum atomic E-state index is -0.334. The van der Waals surface area contributed by atoms with Crippen molar-refractivity contribution in [2.75, 3.05) is 12.3 Å². The second kappa shape index (κ2) is 11.9. The fraction of sp³-hybridized carbons (Fsp3) is 0.333. The van der Waals surface area contributed by atoms with Crippen molar-refractivity contribution in [1.82, 2.24) is 25.4 Å². The Morgan fingerprint density at radius 2 is 1.76 bits per heavy atom. The van der Waals surface area contributed by atoms with Gasteiger partial charge in [-0.05, 0) is 42.2 Å². The van der Waals surface area contributed by atoms with E-state index >= 15 is 0 Å². The van der Waals surface area contributed by atoms with E-state index in [4.69, 9.17) is 11.6 Å². The van der Waals surface area contributed by atoms with Gasteiger partial charge in [-0.15, -0.1) is 10.2 Å². The zero-order chi connectivity index (χ0) is 23.8. The van der Waals surface area contributed by atoms with E-state index in [0.717, 1.165) is 6.42 Å². The van der Waals surface area contributed by atoms with E-state index in [1.807, 2.05) is 55.8 Å². The maximum atomic E-state index is 12.7. The molecule has 2 aromatic carbocycles. The molecule has 2 N–H and O–H groups in total. The van der Waals surface area contributed by atoms with Gasteiger partial charge in [0, 0.05) is 24.2 Å². The van der Waals surface area contributed by atoms with Crippen molar-refractivity contribution in [3.05, 3.63) is 76.6 Å². The summed E-state index contributed by atoms with van der Waals surface area (Å²) in [6.07, 6.45) is 0.786. The van der Waals surface area contributed by atoms with Gasteiger partial charge in [0.05, 0.1) is 11.8 Å². The standard InChI is InChI=1S/C24H28ClN5O2S/c1-16(2)21(27-23(32)18-9-11-19(25)12-10-18)22-28-29-24(30(22)3)33-15-20(31)26-14-13-17-7-5-4-6-8-17/h4-12,16,21H,13-15H2,1-3H3,(H,26,31)(H,27,32)/t21-/m0/s1. The molecule has 174 valence electrons. The lowest BCUT2D eigenvalue weighted by Crippen LogP contribution is -2.33. The smallest absolute Gasteiger partial charge is 0.251 e. The van der Waals surface area contributed by atoms with Gasteiger partial charge >= 0.3 is 0 Å². The number of carbonyl (C=O) groups excluding carboxylic acids is 2. The molecule has 33 heavy (non-hydrogen) atoms. The first kappa shape index (κ1) is 24.8. The molecule has 1 heterocycles. The summed E-state index contributed by atoms with van der Waals surface area (Å²) >= 11 is 7.23. The number of halogens is 1. The molecule has 3 aromatic rings. The van der Waals surface area contributed by atoms with Crippen molar-refractivity contribution in [2.45, 2.75) is 31.5 Å². The van der Waals surface area contributed by atoms with E-state index in [1.54, 1.807) is 24.3 Å². The van der Waals surface area contributed by atoms with Gasteiger partial charge in [-0.25, -0.2) is 0 Å². The molecule has 0 saturated heterocycles. The number of nitrogens with one attached hydrogen (secondary N) is 2. The third-order valence-electron chi connectivity index (χ3n) is 5.12. The van der Waals surface area contributed by atoms with Crippen molar-refractivity contribution in [1.29, 1.82) is 0 Å². The first-order valence-electron chi connectivity index (χ1n) is 10.7. The van der Waals surface area contributed by atoms with Gasteiger partial charge in [0.2, 0.25) is 5.91 Å². The second-order valence-corrected chi connectivity index (χ2v) is 9.35. The molecule has 0 bridgehead atoms. The predicted octanol–water partition coefficient (Wildman–Crippen LogP) is 4.05. The summed E-state index contributed by atoms with van der Waals surface area (Å²) < 4.78 is 1.83. The third kappa shape index (κ3) is 7.07. The van der Waals surface area contributed by atoms with Gasteiger partial charge in [-0.3, -0.25) is 9.59 Å². The number of hydrogen-bond donors (Lipinski definition) is 2. The van der Waals surface area contributed by atoms with Gasteiger partial charge in [-0.2, -0.15) is 0 Å². The first-order valence-corrected chi connectivity index (χ1v) is 12.1. The Balaban J connectivity index is 1.56. The quantitative estimate of drug-likeness (QED) is 0.423. The van der Waals surface area contributed by atoms with Crippen LogP contribution in [0.1, 0.15) is 41.6 Å². The average molecular weight is 486 g/mol. The van der Waals surface area contributed by atoms with Crippen molar-refractivity contribution in [2.24, 2.45) is 13.0 Å². The topological polar surface area (TPSA) is 88.9 Å². The van der Waals surface area contributed by atoms with Crippen molar-refractivity contribution in [3.8, 4) is 0 Å². The monoisotopic (exact) mass is 485 g/mol. The lowest BCUT2D eigenvalue weighted by molar-refractivity contribution is -0.118. The number of carbonyl (C=O) groups is 2. The molecule has 0 aliphatic rings. The van der Waals surface area contributed by atoms with Gasteiger partial charge in [0.25, 0.3) is 5.91 Å². The van der Waals surface area contributed by atoms with Crippen LogP contribution in [-0.4, -0.2) is 38.9 Å². The Morgan fingerprint density at radius 1 is 1.06 bits per heavy atom. The maximum Gasteiger partial charge on any atom is 0.251 e. The lowest BCUT2D eigenvalue weighted by atomic mass is 10.0. The number of amides is 2. The number of benzene rings is 2. The Kier molecular flexibility index (Phi) is 8.91. The van der Waals surface area contributed by atoms with Crippen LogP contribution in [0.2, 0.25) is 5.02 Å². The highest BCUT2D eigenvalue weighted by Crippen LogP contribution is 2.24. The van der Waals surface area contributed by atoms with E-state index in [-0.39, 0.29) is 29.5 Å². The molecule has 0 aliphatic carbocycles. The minimum Gasteiger partial charge on any atom is -0.355 e. The Labute approximate surface area is 203 Å². The van der Waals surface area contributed by atoms with E-state index in [9.17, 15) is 9.59 Å². The number of hydrogen-bond acceptors (Lipinski definition) is 5. The molecule has 0 unspecified atom stereocenters. The highest BCUT2D eigenvalue weighted by atomic mass is 35.5. The van der Waals surface area contributed by atoms with Crippen LogP contribution in [0.3, 0.4) is 0 Å². The molecule has 0 aliphatic heterocycles. The van der Waals surface area contributed by atoms with Crippen molar-refractivity contribution < 1.29 is 9.59 Å². The van der Waals surface area contributed by atoms with Crippen molar-refractivity contribution >= 4 is 35.2 Å². The molecule has 1 aromatic heterocycles. The molecular formula is C24H28ClN5O2S. The van der Waals surface area contributed by atoms with Gasteiger partial charge < -0.3 is 15.2 Å². The Hall–Kier alpha value is -2.84. The minimum absolute atomic E-state index is 0.0584. The summed E-state index contributed by atoms with van der Waals surface area (Å²) in [7, 11) is 1.84. The molecule has 0 radical (unpaired) electrons. The fourth-order valence-electron chi connectivity index (χ4n) is 3.25. The summed E-state index contributed by atoms with van der Waals surface area (Å²) in [6.45, 7) is 4.60. The largest absolute Gasteiger partial charge is 0.355 e. The van der Waals surface area contributed by atoms with Crippen LogP contribution in [0, 0.1) is 5.92 Å². The Morgan fingerprint density at radius 3 is 2.42 bits per heavy atom. The first-order chi connectivity index (χ1) is 15.8.